The molecule has 2 aromatic rings. The van der Waals surface area contributed by atoms with E-state index >= 15 is 0 Å². The average Bonchev–Trinajstić information content (AvgIpc) is 3.30. The van der Waals surface area contributed by atoms with E-state index in [0.29, 0.717) is 17.9 Å². The third-order valence-electron chi connectivity index (χ3n) is 5.48. The number of benzene rings is 1. The summed E-state index contributed by atoms with van der Waals surface area (Å²) < 4.78 is 7.77. The van der Waals surface area contributed by atoms with Crippen LogP contribution in [0, 0.1) is 25.2 Å². The van der Waals surface area contributed by atoms with Gasteiger partial charge in [0.1, 0.15) is 11.9 Å². The summed E-state index contributed by atoms with van der Waals surface area (Å²) in [6, 6.07) is 12.3. The maximum atomic E-state index is 12.6. The minimum atomic E-state index is -0.162. The van der Waals surface area contributed by atoms with Crippen LogP contribution >= 0.6 is 0 Å². The molecule has 2 N–H and O–H groups in total. The van der Waals surface area contributed by atoms with Crippen molar-refractivity contribution in [3.8, 4) is 6.07 Å². The number of anilines is 1. The Morgan fingerprint density at radius 1 is 1.36 bits per heavy atom. The summed E-state index contributed by atoms with van der Waals surface area (Å²) in [7, 11) is 0. The van der Waals surface area contributed by atoms with Gasteiger partial charge in [-0.15, -0.1) is 0 Å². The van der Waals surface area contributed by atoms with E-state index in [1.807, 2.05) is 55.7 Å². The number of hydrogen-bond donors (Lipinski definition) is 2. The van der Waals surface area contributed by atoms with Gasteiger partial charge in [0.2, 0.25) is 5.91 Å². The second-order valence-corrected chi connectivity index (χ2v) is 7.35. The summed E-state index contributed by atoms with van der Waals surface area (Å²) in [6.45, 7) is 7.53. The van der Waals surface area contributed by atoms with Crippen LogP contribution in [-0.2, 0) is 16.1 Å². The first-order valence-electron chi connectivity index (χ1n) is 9.80. The molecule has 28 heavy (non-hydrogen) atoms. The summed E-state index contributed by atoms with van der Waals surface area (Å²) >= 11 is 0. The Kier molecular flexibility index (Phi) is 6.50. The monoisotopic (exact) mass is 380 g/mol. The molecule has 0 spiro atoms. The van der Waals surface area contributed by atoms with Crippen LogP contribution in [0.5, 0.6) is 0 Å². The molecule has 148 valence electrons. The molecule has 1 amide bonds. The molecule has 1 aromatic heterocycles. The third-order valence-corrected chi connectivity index (χ3v) is 5.48. The van der Waals surface area contributed by atoms with Crippen LogP contribution in [0.4, 0.5) is 5.82 Å². The lowest BCUT2D eigenvalue weighted by atomic mass is 10.1. The van der Waals surface area contributed by atoms with Gasteiger partial charge in [-0.3, -0.25) is 4.79 Å². The largest absolute Gasteiger partial charge is 0.376 e. The Bertz CT molecular complexity index is 861. The minimum absolute atomic E-state index is 0.0598. The molecule has 0 bridgehead atoms. The zero-order valence-corrected chi connectivity index (χ0v) is 16.8. The van der Waals surface area contributed by atoms with Gasteiger partial charge in [0, 0.05) is 18.3 Å². The van der Waals surface area contributed by atoms with Gasteiger partial charge in [-0.1, -0.05) is 30.3 Å². The predicted molar refractivity (Wildman–Crippen MR) is 109 cm³/mol. The number of hydrogen-bond acceptors (Lipinski definition) is 4. The Morgan fingerprint density at radius 2 is 2.11 bits per heavy atom. The van der Waals surface area contributed by atoms with E-state index in [1.165, 1.54) is 0 Å². The van der Waals surface area contributed by atoms with Gasteiger partial charge < -0.3 is 19.9 Å². The van der Waals surface area contributed by atoms with Crippen molar-refractivity contribution in [2.45, 2.75) is 52.3 Å². The van der Waals surface area contributed by atoms with E-state index in [4.69, 9.17) is 4.74 Å². The number of ether oxygens (including phenoxy) is 1. The van der Waals surface area contributed by atoms with E-state index in [-0.39, 0.29) is 24.6 Å². The van der Waals surface area contributed by atoms with Crippen LogP contribution in [0.3, 0.4) is 0 Å². The molecule has 6 heteroatoms. The zero-order chi connectivity index (χ0) is 20.1. The Balaban J connectivity index is 1.70. The molecule has 0 radical (unpaired) electrons. The van der Waals surface area contributed by atoms with Crippen LogP contribution in [0.15, 0.2) is 30.3 Å². The molecular formula is C22H28N4O2. The molecular weight excluding hydrogens is 352 g/mol. The molecule has 1 aliphatic rings. The fourth-order valence-electron chi connectivity index (χ4n) is 3.63. The Hall–Kier alpha value is -2.62. The number of nitriles is 1. The SMILES string of the molecule is Cc1c(C#N)c(NC(=O)CN[C@@H](C)c2ccccc2)n(C[C@@H]2CCCO2)c1C. The van der Waals surface area contributed by atoms with Crippen LogP contribution in [0.1, 0.15) is 48.2 Å². The second kappa shape index (κ2) is 9.05. The normalized spacial score (nSPS) is 17.3. The number of amides is 1. The smallest absolute Gasteiger partial charge is 0.239 e. The number of rotatable bonds is 7. The quantitative estimate of drug-likeness (QED) is 0.771. The first kappa shape index (κ1) is 20.1. The van der Waals surface area contributed by atoms with Crippen molar-refractivity contribution in [3.63, 3.8) is 0 Å². The van der Waals surface area contributed by atoms with E-state index < -0.39 is 0 Å². The van der Waals surface area contributed by atoms with Gasteiger partial charge in [0.05, 0.1) is 24.8 Å². The van der Waals surface area contributed by atoms with Crippen LogP contribution in [0.2, 0.25) is 0 Å². The lowest BCUT2D eigenvalue weighted by Gasteiger charge is -2.18. The van der Waals surface area contributed by atoms with E-state index in [2.05, 4.69) is 16.7 Å². The average molecular weight is 380 g/mol. The fourth-order valence-corrected chi connectivity index (χ4v) is 3.63. The van der Waals surface area contributed by atoms with Crippen molar-refractivity contribution in [2.24, 2.45) is 0 Å². The molecule has 2 heterocycles. The van der Waals surface area contributed by atoms with Gasteiger partial charge >= 0.3 is 0 Å². The van der Waals surface area contributed by atoms with Crippen LogP contribution < -0.4 is 10.6 Å². The summed E-state index contributed by atoms with van der Waals surface area (Å²) in [5.41, 5.74) is 3.55. The number of aromatic nitrogens is 1. The van der Waals surface area contributed by atoms with E-state index in [9.17, 15) is 10.1 Å². The molecule has 1 aromatic carbocycles. The highest BCUT2D eigenvalue weighted by molar-refractivity contribution is 5.93. The summed E-state index contributed by atoms with van der Waals surface area (Å²) in [6.07, 6.45) is 2.18. The maximum Gasteiger partial charge on any atom is 0.239 e. The molecule has 1 fully saturated rings. The predicted octanol–water partition coefficient (Wildman–Crippen LogP) is 3.44. The molecule has 3 rings (SSSR count). The van der Waals surface area contributed by atoms with Crippen molar-refractivity contribution >= 4 is 11.7 Å². The molecule has 0 aliphatic carbocycles. The molecule has 1 aliphatic heterocycles. The molecule has 2 atom stereocenters. The van der Waals surface area contributed by atoms with Gasteiger partial charge in [-0.2, -0.15) is 5.26 Å². The van der Waals surface area contributed by atoms with E-state index in [0.717, 1.165) is 36.3 Å². The standard InChI is InChI=1S/C22H28N4O2/c1-15-17(3)26(14-19-10-7-11-28-19)22(20(15)12-23)25-21(27)13-24-16(2)18-8-5-4-6-9-18/h4-6,8-9,16,19,24H,7,10-11,13-14H2,1-3H3,(H,25,27)/t16-,19-/m0/s1. The van der Waals surface area contributed by atoms with Gasteiger partial charge in [-0.05, 0) is 44.7 Å². The lowest BCUT2D eigenvalue weighted by Crippen LogP contribution is -2.31. The second-order valence-electron chi connectivity index (χ2n) is 7.35. The molecule has 6 nitrogen and oxygen atoms in total. The summed E-state index contributed by atoms with van der Waals surface area (Å²) in [4.78, 5) is 12.6. The number of carbonyl (C=O) groups is 1. The zero-order valence-electron chi connectivity index (χ0n) is 16.8. The van der Waals surface area contributed by atoms with Crippen LogP contribution in [0.25, 0.3) is 0 Å². The highest BCUT2D eigenvalue weighted by atomic mass is 16.5. The van der Waals surface area contributed by atoms with Gasteiger partial charge in [0.25, 0.3) is 0 Å². The molecule has 1 saturated heterocycles. The first-order chi connectivity index (χ1) is 13.5. The van der Waals surface area contributed by atoms with Crippen molar-refractivity contribution in [1.82, 2.24) is 9.88 Å². The van der Waals surface area contributed by atoms with Gasteiger partial charge in [0.15, 0.2) is 0 Å². The molecule has 0 saturated carbocycles. The number of nitrogens with one attached hydrogen (secondary N) is 2. The first-order valence-corrected chi connectivity index (χ1v) is 9.80. The van der Waals surface area contributed by atoms with Crippen molar-refractivity contribution in [2.75, 3.05) is 18.5 Å². The highest BCUT2D eigenvalue weighted by Gasteiger charge is 2.24. The van der Waals surface area contributed by atoms with E-state index in [1.54, 1.807) is 0 Å². The van der Waals surface area contributed by atoms with Crippen molar-refractivity contribution in [3.05, 3.63) is 52.7 Å². The maximum absolute atomic E-state index is 12.6. The Labute approximate surface area is 166 Å². The minimum Gasteiger partial charge on any atom is -0.376 e. The molecule has 0 unspecified atom stereocenters. The van der Waals surface area contributed by atoms with Crippen molar-refractivity contribution < 1.29 is 9.53 Å². The Morgan fingerprint density at radius 3 is 2.75 bits per heavy atom. The third kappa shape index (κ3) is 4.44. The number of carbonyl (C=O) groups excluding carboxylic acids is 1. The topological polar surface area (TPSA) is 79.1 Å². The fraction of sp³-hybridized carbons (Fsp3) is 0.455. The van der Waals surface area contributed by atoms with Crippen molar-refractivity contribution in [1.29, 1.82) is 5.26 Å². The summed E-state index contributed by atoms with van der Waals surface area (Å²) in [5.74, 6) is 0.414. The van der Waals surface area contributed by atoms with Crippen LogP contribution in [-0.4, -0.2) is 29.7 Å². The summed E-state index contributed by atoms with van der Waals surface area (Å²) in [5, 5.41) is 15.8. The van der Waals surface area contributed by atoms with Gasteiger partial charge in [-0.25, -0.2) is 0 Å². The lowest BCUT2D eigenvalue weighted by molar-refractivity contribution is -0.115. The highest BCUT2D eigenvalue weighted by Crippen LogP contribution is 2.28. The number of nitrogens with zero attached hydrogens (tertiary/aromatic N) is 2.